The zero-order valence-corrected chi connectivity index (χ0v) is 15.2. The minimum absolute atomic E-state index is 0.0000277. The Morgan fingerprint density at radius 2 is 1.92 bits per heavy atom. The fourth-order valence-corrected chi connectivity index (χ4v) is 5.02. The summed E-state index contributed by atoms with van der Waals surface area (Å²) in [6, 6.07) is 5.46. The Hall–Kier alpha value is -1.04. The zero-order chi connectivity index (χ0) is 17.9. The minimum atomic E-state index is -4.98. The molecule has 1 heterocycles. The lowest BCUT2D eigenvalue weighted by molar-refractivity contribution is -0.0379. The number of fused-ring (bicyclic) bond motifs is 1. The molecule has 128 valence electrons. The quantitative estimate of drug-likeness (QED) is 0.638. The molecule has 0 aliphatic carbocycles. The topological polar surface area (TPSA) is 63.6 Å². The van der Waals surface area contributed by atoms with E-state index in [0.717, 1.165) is 24.3 Å². The maximum absolute atomic E-state index is 13.8. The maximum Gasteiger partial charge on any atom is 0.379 e. The monoisotopic (exact) mass is 490 g/mol. The van der Waals surface area contributed by atoms with Gasteiger partial charge in [0.1, 0.15) is 17.3 Å². The van der Waals surface area contributed by atoms with Crippen LogP contribution in [0.4, 0.5) is 13.2 Å². The average Bonchev–Trinajstić information content (AvgIpc) is 2.59. The summed E-state index contributed by atoms with van der Waals surface area (Å²) in [5, 5.41) is 5.48. The van der Waals surface area contributed by atoms with Crippen molar-refractivity contribution in [3.05, 3.63) is 50.3 Å². The van der Waals surface area contributed by atoms with E-state index in [-0.39, 0.29) is 20.1 Å². The summed E-state index contributed by atoms with van der Waals surface area (Å²) in [6.45, 7) is 0. The molecule has 24 heavy (non-hydrogen) atoms. The van der Waals surface area contributed by atoms with Crippen LogP contribution in [0.5, 0.6) is 11.5 Å². The van der Waals surface area contributed by atoms with E-state index < -0.39 is 37.5 Å². The van der Waals surface area contributed by atoms with Crippen LogP contribution in [0.2, 0.25) is 5.02 Å². The number of halogens is 5. The van der Waals surface area contributed by atoms with Gasteiger partial charge in [-0.2, -0.15) is 8.78 Å². The third kappa shape index (κ3) is 2.57. The molecule has 4 nitrogen and oxygen atoms in total. The predicted octanol–water partition coefficient (Wildman–Crippen LogP) is 4.29. The SMILES string of the molecule is O=S1(=O)c2ccc(Oc3cc(F)cc(Cl)c3)c(I)c2C(O)C1(F)F. The Labute approximate surface area is 153 Å². The van der Waals surface area contributed by atoms with Crippen molar-refractivity contribution in [2.24, 2.45) is 0 Å². The van der Waals surface area contributed by atoms with Crippen LogP contribution in [0, 0.1) is 9.39 Å². The van der Waals surface area contributed by atoms with Crippen LogP contribution in [0.15, 0.2) is 35.2 Å². The molecule has 1 atom stereocenters. The van der Waals surface area contributed by atoms with Crippen molar-refractivity contribution in [3.8, 4) is 11.5 Å². The smallest absolute Gasteiger partial charge is 0.379 e. The van der Waals surface area contributed by atoms with E-state index in [1.54, 1.807) is 22.6 Å². The summed E-state index contributed by atoms with van der Waals surface area (Å²) < 4.78 is 69.9. The number of benzene rings is 2. The second-order valence-corrected chi connectivity index (χ2v) is 8.47. The van der Waals surface area contributed by atoms with Gasteiger partial charge in [-0.05, 0) is 46.9 Å². The molecule has 10 heteroatoms. The molecule has 0 radical (unpaired) electrons. The van der Waals surface area contributed by atoms with E-state index >= 15 is 0 Å². The lowest BCUT2D eigenvalue weighted by atomic mass is 10.1. The third-order valence-electron chi connectivity index (χ3n) is 3.41. The first-order valence-corrected chi connectivity index (χ1v) is 9.26. The van der Waals surface area contributed by atoms with Gasteiger partial charge in [-0.3, -0.25) is 0 Å². The van der Waals surface area contributed by atoms with Gasteiger partial charge in [-0.1, -0.05) is 11.6 Å². The minimum Gasteiger partial charge on any atom is -0.456 e. The van der Waals surface area contributed by atoms with Crippen molar-refractivity contribution in [2.75, 3.05) is 0 Å². The molecule has 1 aliphatic rings. The molecular weight excluding hydrogens is 484 g/mol. The van der Waals surface area contributed by atoms with Gasteiger partial charge in [-0.15, -0.1) is 0 Å². The normalized spacial score (nSPS) is 20.7. The van der Waals surface area contributed by atoms with Crippen LogP contribution in [0.1, 0.15) is 11.7 Å². The van der Waals surface area contributed by atoms with Crippen LogP contribution < -0.4 is 4.74 Å². The van der Waals surface area contributed by atoms with Crippen LogP contribution >= 0.6 is 34.2 Å². The molecule has 1 unspecified atom stereocenters. The fourth-order valence-electron chi connectivity index (χ4n) is 2.30. The third-order valence-corrected chi connectivity index (χ3v) is 6.61. The molecule has 0 aromatic heterocycles. The fraction of sp³-hybridized carbons (Fsp3) is 0.143. The van der Waals surface area contributed by atoms with Gasteiger partial charge in [0.05, 0.1) is 8.47 Å². The molecule has 0 amide bonds. The predicted molar refractivity (Wildman–Crippen MR) is 87.7 cm³/mol. The molecular formula is C14H7ClF3IO4S. The zero-order valence-electron chi connectivity index (χ0n) is 11.4. The van der Waals surface area contributed by atoms with Crippen LogP contribution in [-0.4, -0.2) is 18.8 Å². The summed E-state index contributed by atoms with van der Waals surface area (Å²) in [4.78, 5) is -0.658. The number of rotatable bonds is 2. The maximum atomic E-state index is 13.8. The van der Waals surface area contributed by atoms with Crippen molar-refractivity contribution >= 4 is 44.0 Å². The molecule has 1 aliphatic heterocycles. The Bertz CT molecular complexity index is 929. The van der Waals surface area contributed by atoms with Gasteiger partial charge >= 0.3 is 5.25 Å². The molecule has 2 aromatic carbocycles. The highest BCUT2D eigenvalue weighted by atomic mass is 127. The Kier molecular flexibility index (Phi) is 4.26. The van der Waals surface area contributed by atoms with Gasteiger partial charge in [0.25, 0.3) is 0 Å². The Morgan fingerprint density at radius 1 is 1.25 bits per heavy atom. The number of alkyl halides is 2. The lowest BCUT2D eigenvalue weighted by Crippen LogP contribution is -2.28. The molecule has 0 fully saturated rings. The number of hydrogen-bond acceptors (Lipinski definition) is 4. The van der Waals surface area contributed by atoms with E-state index in [0.29, 0.717) is 0 Å². The Morgan fingerprint density at radius 3 is 2.54 bits per heavy atom. The highest BCUT2D eigenvalue weighted by Crippen LogP contribution is 2.52. The standard InChI is InChI=1S/C14H7ClF3IO4S/c15-6-3-7(16)5-8(4-6)23-9-1-2-10-11(12(9)19)13(20)14(17,18)24(10,21)22/h1-5,13,20H. The van der Waals surface area contributed by atoms with E-state index in [9.17, 15) is 26.7 Å². The number of aliphatic hydroxyl groups is 1. The first kappa shape index (κ1) is 17.8. The second kappa shape index (κ2) is 5.75. The van der Waals surface area contributed by atoms with Gasteiger partial charge in [-0.25, -0.2) is 12.8 Å². The first-order chi connectivity index (χ1) is 11.1. The van der Waals surface area contributed by atoms with E-state index in [4.69, 9.17) is 16.3 Å². The Balaban J connectivity index is 2.11. The average molecular weight is 491 g/mol. The lowest BCUT2D eigenvalue weighted by Gasteiger charge is -2.14. The largest absolute Gasteiger partial charge is 0.456 e. The van der Waals surface area contributed by atoms with Crippen molar-refractivity contribution in [1.29, 1.82) is 0 Å². The van der Waals surface area contributed by atoms with Crippen molar-refractivity contribution in [2.45, 2.75) is 16.3 Å². The van der Waals surface area contributed by atoms with E-state index in [1.165, 1.54) is 6.07 Å². The molecule has 0 bridgehead atoms. The summed E-state index contributed by atoms with van der Waals surface area (Å²) in [7, 11) is -4.98. The van der Waals surface area contributed by atoms with Crippen LogP contribution in [-0.2, 0) is 9.84 Å². The van der Waals surface area contributed by atoms with Gasteiger partial charge < -0.3 is 9.84 Å². The summed E-state index contributed by atoms with van der Waals surface area (Å²) in [5.74, 6) is -0.675. The molecule has 2 aromatic rings. The molecule has 0 saturated carbocycles. The summed E-state index contributed by atoms with van der Waals surface area (Å²) in [6.07, 6.45) is -2.51. The molecule has 0 spiro atoms. The van der Waals surface area contributed by atoms with Gasteiger partial charge in [0.15, 0.2) is 6.10 Å². The molecule has 0 saturated heterocycles. The van der Waals surface area contributed by atoms with Crippen molar-refractivity contribution in [3.63, 3.8) is 0 Å². The molecule has 3 rings (SSSR count). The summed E-state index contributed by atoms with van der Waals surface area (Å²) >= 11 is 7.30. The first-order valence-electron chi connectivity index (χ1n) is 6.32. The number of aliphatic hydroxyl groups excluding tert-OH is 1. The molecule has 1 N–H and O–H groups in total. The van der Waals surface area contributed by atoms with E-state index in [2.05, 4.69) is 0 Å². The van der Waals surface area contributed by atoms with Gasteiger partial charge in [0.2, 0.25) is 9.84 Å². The van der Waals surface area contributed by atoms with Crippen LogP contribution in [0.3, 0.4) is 0 Å². The highest BCUT2D eigenvalue weighted by molar-refractivity contribution is 14.1. The second-order valence-electron chi connectivity index (χ2n) is 4.96. The number of hydrogen-bond donors (Lipinski definition) is 1. The van der Waals surface area contributed by atoms with E-state index in [1.807, 2.05) is 0 Å². The van der Waals surface area contributed by atoms with Crippen LogP contribution in [0.25, 0.3) is 0 Å². The number of ether oxygens (including phenoxy) is 1. The highest BCUT2D eigenvalue weighted by Gasteiger charge is 2.61. The van der Waals surface area contributed by atoms with Crippen molar-refractivity contribution in [1.82, 2.24) is 0 Å². The summed E-state index contributed by atoms with van der Waals surface area (Å²) in [5.41, 5.74) is -0.444. The van der Waals surface area contributed by atoms with Crippen molar-refractivity contribution < 1.29 is 31.4 Å². The van der Waals surface area contributed by atoms with Gasteiger partial charge in [0, 0.05) is 16.7 Å². The number of sulfone groups is 1.